The summed E-state index contributed by atoms with van der Waals surface area (Å²) < 4.78 is 5.63. The number of hydrogen-bond acceptors (Lipinski definition) is 2. The van der Waals surface area contributed by atoms with E-state index in [0.29, 0.717) is 0 Å². The lowest BCUT2D eigenvalue weighted by Crippen LogP contribution is -2.22. The number of aryl methyl sites for hydroxylation is 2. The van der Waals surface area contributed by atoms with E-state index < -0.39 is 0 Å². The van der Waals surface area contributed by atoms with E-state index in [1.807, 2.05) is 0 Å². The van der Waals surface area contributed by atoms with Crippen molar-refractivity contribution in [3.8, 4) is 5.75 Å². The Balaban J connectivity index is 0.000000980. The lowest BCUT2D eigenvalue weighted by Gasteiger charge is -2.26. The highest BCUT2D eigenvalue weighted by Gasteiger charge is 2.21. The first-order valence-electron chi connectivity index (χ1n) is 4.68. The predicted octanol–water partition coefficient (Wildman–Crippen LogP) is 2.51. The van der Waals surface area contributed by atoms with E-state index in [9.17, 15) is 0 Å². The highest BCUT2D eigenvalue weighted by atomic mass is 35.5. The molecule has 1 atom stereocenters. The van der Waals surface area contributed by atoms with E-state index in [0.717, 1.165) is 18.8 Å². The fourth-order valence-electron chi connectivity index (χ4n) is 1.89. The summed E-state index contributed by atoms with van der Waals surface area (Å²) in [6.45, 7) is 4.90. The van der Waals surface area contributed by atoms with Crippen LogP contribution < -0.4 is 10.5 Å². The molecule has 1 aliphatic rings. The predicted molar refractivity (Wildman–Crippen MR) is 60.2 cm³/mol. The zero-order valence-electron chi connectivity index (χ0n) is 8.54. The van der Waals surface area contributed by atoms with Gasteiger partial charge in [0, 0.05) is 18.0 Å². The zero-order valence-corrected chi connectivity index (χ0v) is 9.36. The highest BCUT2D eigenvalue weighted by molar-refractivity contribution is 5.85. The normalized spacial score (nSPS) is 19.2. The number of nitrogens with two attached hydrogens (primary N) is 1. The van der Waals surface area contributed by atoms with Crippen molar-refractivity contribution in [1.82, 2.24) is 0 Å². The van der Waals surface area contributed by atoms with Crippen LogP contribution >= 0.6 is 12.4 Å². The minimum Gasteiger partial charge on any atom is -0.493 e. The summed E-state index contributed by atoms with van der Waals surface area (Å²) in [6, 6.07) is 4.36. The molecule has 1 heterocycles. The van der Waals surface area contributed by atoms with Gasteiger partial charge in [-0.15, -0.1) is 12.4 Å². The summed E-state index contributed by atoms with van der Waals surface area (Å²) in [4.78, 5) is 0. The molecule has 1 aromatic rings. The van der Waals surface area contributed by atoms with Gasteiger partial charge in [-0.3, -0.25) is 0 Å². The Kier molecular flexibility index (Phi) is 3.40. The summed E-state index contributed by atoms with van der Waals surface area (Å²) in [5.41, 5.74) is 9.67. The summed E-state index contributed by atoms with van der Waals surface area (Å²) in [5.74, 6) is 1.01. The Morgan fingerprint density at radius 3 is 2.57 bits per heavy atom. The molecular formula is C11H16ClNO. The van der Waals surface area contributed by atoms with Gasteiger partial charge in [0.25, 0.3) is 0 Å². The van der Waals surface area contributed by atoms with Crippen molar-refractivity contribution in [2.75, 3.05) is 6.61 Å². The molecule has 0 aliphatic carbocycles. The maximum Gasteiger partial charge on any atom is 0.127 e. The summed E-state index contributed by atoms with van der Waals surface area (Å²) in [7, 11) is 0. The van der Waals surface area contributed by atoms with Gasteiger partial charge in [0.05, 0.1) is 6.61 Å². The van der Waals surface area contributed by atoms with Gasteiger partial charge in [-0.1, -0.05) is 12.1 Å². The van der Waals surface area contributed by atoms with Crippen molar-refractivity contribution >= 4 is 12.4 Å². The van der Waals surface area contributed by atoms with Crippen molar-refractivity contribution in [3.05, 3.63) is 28.8 Å². The zero-order chi connectivity index (χ0) is 9.42. The Morgan fingerprint density at radius 1 is 1.29 bits per heavy atom. The van der Waals surface area contributed by atoms with Crippen molar-refractivity contribution in [3.63, 3.8) is 0 Å². The highest BCUT2D eigenvalue weighted by Crippen LogP contribution is 2.35. The van der Waals surface area contributed by atoms with E-state index >= 15 is 0 Å². The second kappa shape index (κ2) is 4.20. The molecule has 2 rings (SSSR count). The number of fused-ring (bicyclic) bond motifs is 1. The van der Waals surface area contributed by atoms with Gasteiger partial charge in [-0.2, -0.15) is 0 Å². The van der Waals surface area contributed by atoms with Gasteiger partial charge in [0.1, 0.15) is 5.75 Å². The number of rotatable bonds is 0. The quantitative estimate of drug-likeness (QED) is 0.719. The monoisotopic (exact) mass is 213 g/mol. The average molecular weight is 214 g/mol. The van der Waals surface area contributed by atoms with Gasteiger partial charge in [0.15, 0.2) is 0 Å². The molecule has 0 spiro atoms. The number of ether oxygens (including phenoxy) is 1. The smallest absolute Gasteiger partial charge is 0.127 e. The third-order valence-electron chi connectivity index (χ3n) is 2.66. The first-order chi connectivity index (χ1) is 6.20. The van der Waals surface area contributed by atoms with Crippen LogP contribution in [0, 0.1) is 13.8 Å². The van der Waals surface area contributed by atoms with E-state index in [2.05, 4.69) is 26.0 Å². The molecule has 2 nitrogen and oxygen atoms in total. The lowest BCUT2D eigenvalue weighted by molar-refractivity contribution is 0.266. The molecule has 78 valence electrons. The number of halogens is 1. The molecular weight excluding hydrogens is 198 g/mol. The second-order valence-electron chi connectivity index (χ2n) is 3.69. The van der Waals surface area contributed by atoms with E-state index in [1.165, 1.54) is 16.7 Å². The largest absolute Gasteiger partial charge is 0.493 e. The van der Waals surface area contributed by atoms with Gasteiger partial charge in [-0.25, -0.2) is 0 Å². The molecule has 0 saturated carbocycles. The van der Waals surface area contributed by atoms with Crippen LogP contribution in [-0.4, -0.2) is 6.61 Å². The molecule has 0 bridgehead atoms. The summed E-state index contributed by atoms with van der Waals surface area (Å²) in [5, 5.41) is 0. The third-order valence-corrected chi connectivity index (χ3v) is 2.66. The van der Waals surface area contributed by atoms with Crippen LogP contribution in [-0.2, 0) is 0 Å². The van der Waals surface area contributed by atoms with Gasteiger partial charge in [0.2, 0.25) is 0 Å². The molecule has 3 heteroatoms. The molecule has 0 fully saturated rings. The van der Waals surface area contributed by atoms with E-state index in [4.69, 9.17) is 10.5 Å². The van der Waals surface area contributed by atoms with Gasteiger partial charge in [-0.05, 0) is 25.0 Å². The maximum atomic E-state index is 6.04. The number of hydrogen-bond donors (Lipinski definition) is 1. The van der Waals surface area contributed by atoms with Crippen LogP contribution in [0.1, 0.15) is 29.2 Å². The average Bonchev–Trinajstić information content (AvgIpc) is 2.12. The fraction of sp³-hybridized carbons (Fsp3) is 0.455. The lowest BCUT2D eigenvalue weighted by atomic mass is 9.94. The Bertz CT molecular complexity index is 338. The number of benzene rings is 1. The molecule has 0 aromatic heterocycles. The Hall–Kier alpha value is -0.730. The summed E-state index contributed by atoms with van der Waals surface area (Å²) in [6.07, 6.45) is 0.928. The Labute approximate surface area is 90.9 Å². The van der Waals surface area contributed by atoms with Crippen molar-refractivity contribution in [2.45, 2.75) is 26.3 Å². The molecule has 0 saturated heterocycles. The fourth-order valence-corrected chi connectivity index (χ4v) is 1.89. The minimum absolute atomic E-state index is 0. The van der Waals surface area contributed by atoms with Crippen LogP contribution in [0.3, 0.4) is 0 Å². The van der Waals surface area contributed by atoms with Crippen LogP contribution in [0.2, 0.25) is 0 Å². The SMILES string of the molecule is Cc1ccc(C)c2c1OCC[C@H]2N.Cl. The second-order valence-corrected chi connectivity index (χ2v) is 3.69. The van der Waals surface area contributed by atoms with Crippen LogP contribution in [0.15, 0.2) is 12.1 Å². The van der Waals surface area contributed by atoms with E-state index in [-0.39, 0.29) is 18.4 Å². The summed E-state index contributed by atoms with van der Waals surface area (Å²) >= 11 is 0. The van der Waals surface area contributed by atoms with Gasteiger partial charge >= 0.3 is 0 Å². The van der Waals surface area contributed by atoms with Crippen molar-refractivity contribution < 1.29 is 4.74 Å². The first kappa shape index (κ1) is 11.3. The van der Waals surface area contributed by atoms with E-state index in [1.54, 1.807) is 0 Å². The molecule has 0 radical (unpaired) electrons. The van der Waals surface area contributed by atoms with Gasteiger partial charge < -0.3 is 10.5 Å². The van der Waals surface area contributed by atoms with Crippen LogP contribution in [0.5, 0.6) is 5.75 Å². The molecule has 0 unspecified atom stereocenters. The molecule has 0 amide bonds. The van der Waals surface area contributed by atoms with Crippen LogP contribution in [0.25, 0.3) is 0 Å². The minimum atomic E-state index is 0. The van der Waals surface area contributed by atoms with Crippen molar-refractivity contribution in [2.24, 2.45) is 5.73 Å². The first-order valence-corrected chi connectivity index (χ1v) is 4.68. The third kappa shape index (κ3) is 1.72. The standard InChI is InChI=1S/C11H15NO.ClH/c1-7-3-4-8(2)11-10(7)9(12)5-6-13-11;/h3-4,9H,5-6,12H2,1-2H3;1H/t9-;/m1./s1. The Morgan fingerprint density at radius 2 is 1.93 bits per heavy atom. The molecule has 2 N–H and O–H groups in total. The van der Waals surface area contributed by atoms with Crippen LogP contribution in [0.4, 0.5) is 0 Å². The molecule has 14 heavy (non-hydrogen) atoms. The van der Waals surface area contributed by atoms with Crippen molar-refractivity contribution in [1.29, 1.82) is 0 Å². The molecule has 1 aliphatic heterocycles. The maximum absolute atomic E-state index is 6.04. The topological polar surface area (TPSA) is 35.2 Å². The molecule has 1 aromatic carbocycles.